The third kappa shape index (κ3) is 3.53. The number of hydrogen-bond donors (Lipinski definition) is 1. The first-order chi connectivity index (χ1) is 8.63. The zero-order valence-electron chi connectivity index (χ0n) is 11.3. The Labute approximate surface area is 108 Å². The molecule has 18 heavy (non-hydrogen) atoms. The van der Waals surface area contributed by atoms with Crippen LogP contribution in [0.1, 0.15) is 38.9 Å². The third-order valence-corrected chi connectivity index (χ3v) is 2.98. The Morgan fingerprint density at radius 1 is 1.50 bits per heavy atom. The van der Waals surface area contributed by atoms with Crippen LogP contribution in [0.15, 0.2) is 6.20 Å². The molecule has 1 aromatic heterocycles. The van der Waals surface area contributed by atoms with Gasteiger partial charge in [0, 0.05) is 25.9 Å². The van der Waals surface area contributed by atoms with Crippen LogP contribution in [0.5, 0.6) is 0 Å². The van der Waals surface area contributed by atoms with E-state index in [1.807, 2.05) is 20.8 Å². The van der Waals surface area contributed by atoms with Crippen molar-refractivity contribution in [3.63, 3.8) is 0 Å². The molecule has 0 radical (unpaired) electrons. The molecule has 102 valence electrons. The van der Waals surface area contributed by atoms with Crippen molar-refractivity contribution >= 4 is 5.91 Å². The number of nitrogens with zero attached hydrogens (tertiary/aromatic N) is 4. The summed E-state index contributed by atoms with van der Waals surface area (Å²) in [5, 5.41) is 16.7. The lowest BCUT2D eigenvalue weighted by Crippen LogP contribution is -2.36. The lowest BCUT2D eigenvalue weighted by atomic mass is 10.2. The predicted octanol–water partition coefficient (Wildman–Crippen LogP) is 0.632. The summed E-state index contributed by atoms with van der Waals surface area (Å²) in [7, 11) is 0. The molecule has 0 fully saturated rings. The summed E-state index contributed by atoms with van der Waals surface area (Å²) in [5.41, 5.74) is 0.809. The van der Waals surface area contributed by atoms with Gasteiger partial charge in [-0.2, -0.15) is 0 Å². The van der Waals surface area contributed by atoms with Crippen molar-refractivity contribution in [3.05, 3.63) is 11.9 Å². The van der Waals surface area contributed by atoms with Gasteiger partial charge in [0.1, 0.15) is 6.04 Å². The van der Waals surface area contributed by atoms with Gasteiger partial charge >= 0.3 is 0 Å². The van der Waals surface area contributed by atoms with E-state index in [4.69, 9.17) is 5.11 Å². The van der Waals surface area contributed by atoms with E-state index in [0.29, 0.717) is 25.9 Å². The Hall–Kier alpha value is -1.43. The van der Waals surface area contributed by atoms with Crippen LogP contribution in [-0.2, 0) is 11.2 Å². The molecule has 1 amide bonds. The van der Waals surface area contributed by atoms with E-state index in [1.165, 1.54) is 0 Å². The van der Waals surface area contributed by atoms with Gasteiger partial charge in [0.25, 0.3) is 0 Å². The van der Waals surface area contributed by atoms with Crippen LogP contribution >= 0.6 is 0 Å². The molecule has 0 aliphatic carbocycles. The lowest BCUT2D eigenvalue weighted by Gasteiger charge is -2.22. The largest absolute Gasteiger partial charge is 0.396 e. The first-order valence-corrected chi connectivity index (χ1v) is 6.44. The summed E-state index contributed by atoms with van der Waals surface area (Å²) in [4.78, 5) is 13.9. The van der Waals surface area contributed by atoms with Crippen molar-refractivity contribution in [1.29, 1.82) is 0 Å². The Morgan fingerprint density at radius 2 is 2.17 bits per heavy atom. The van der Waals surface area contributed by atoms with Crippen LogP contribution in [0.25, 0.3) is 0 Å². The summed E-state index contributed by atoms with van der Waals surface area (Å²) in [5.74, 6) is 0.0543. The second-order valence-electron chi connectivity index (χ2n) is 4.20. The lowest BCUT2D eigenvalue weighted by molar-refractivity contribution is -0.134. The second kappa shape index (κ2) is 7.10. The highest BCUT2D eigenvalue weighted by atomic mass is 16.2. The monoisotopic (exact) mass is 254 g/mol. The molecule has 0 saturated carbocycles. The standard InChI is InChI=1S/C12H22N4O2/c1-4-15(5-2)12(18)10(3)16-9-11(13-14-16)7-6-8-17/h9-10,17H,4-8H2,1-3H3. The fourth-order valence-electron chi connectivity index (χ4n) is 1.79. The molecule has 1 heterocycles. The van der Waals surface area contributed by atoms with E-state index < -0.39 is 0 Å². The predicted molar refractivity (Wildman–Crippen MR) is 68.1 cm³/mol. The van der Waals surface area contributed by atoms with E-state index in [-0.39, 0.29) is 18.6 Å². The summed E-state index contributed by atoms with van der Waals surface area (Å²) in [6.45, 7) is 7.29. The van der Waals surface area contributed by atoms with Crippen molar-refractivity contribution in [2.45, 2.75) is 39.7 Å². The minimum atomic E-state index is -0.333. The van der Waals surface area contributed by atoms with Crippen LogP contribution in [0.3, 0.4) is 0 Å². The Morgan fingerprint density at radius 3 is 2.72 bits per heavy atom. The smallest absolute Gasteiger partial charge is 0.247 e. The quantitative estimate of drug-likeness (QED) is 0.775. The molecule has 0 spiro atoms. The second-order valence-corrected chi connectivity index (χ2v) is 4.20. The molecule has 1 N–H and O–H groups in total. The van der Waals surface area contributed by atoms with Crippen LogP contribution < -0.4 is 0 Å². The first kappa shape index (κ1) is 14.6. The van der Waals surface area contributed by atoms with Crippen molar-refractivity contribution in [2.75, 3.05) is 19.7 Å². The molecule has 6 heteroatoms. The van der Waals surface area contributed by atoms with Crippen molar-refractivity contribution < 1.29 is 9.90 Å². The fourth-order valence-corrected chi connectivity index (χ4v) is 1.79. The summed E-state index contributed by atoms with van der Waals surface area (Å²) in [6.07, 6.45) is 3.13. The van der Waals surface area contributed by atoms with Crippen molar-refractivity contribution in [2.24, 2.45) is 0 Å². The summed E-state index contributed by atoms with van der Waals surface area (Å²) >= 11 is 0. The minimum absolute atomic E-state index is 0.0543. The maximum atomic E-state index is 12.1. The number of aliphatic hydroxyl groups is 1. The number of aryl methyl sites for hydroxylation is 1. The van der Waals surface area contributed by atoms with Crippen LogP contribution in [0, 0.1) is 0 Å². The van der Waals surface area contributed by atoms with Gasteiger partial charge in [-0.1, -0.05) is 5.21 Å². The minimum Gasteiger partial charge on any atom is -0.396 e. The molecular weight excluding hydrogens is 232 g/mol. The number of amides is 1. The Balaban J connectivity index is 2.68. The van der Waals surface area contributed by atoms with Gasteiger partial charge in [0.2, 0.25) is 5.91 Å². The maximum absolute atomic E-state index is 12.1. The molecular formula is C12H22N4O2. The topological polar surface area (TPSA) is 71.2 Å². The zero-order chi connectivity index (χ0) is 13.5. The molecule has 0 bridgehead atoms. The Bertz CT molecular complexity index is 374. The van der Waals surface area contributed by atoms with Crippen LogP contribution in [0.4, 0.5) is 0 Å². The van der Waals surface area contributed by atoms with E-state index in [1.54, 1.807) is 15.8 Å². The Kier molecular flexibility index (Phi) is 5.77. The maximum Gasteiger partial charge on any atom is 0.247 e. The van der Waals surface area contributed by atoms with E-state index in [9.17, 15) is 4.79 Å². The summed E-state index contributed by atoms with van der Waals surface area (Å²) in [6, 6.07) is -0.333. The van der Waals surface area contributed by atoms with Gasteiger partial charge < -0.3 is 10.0 Å². The van der Waals surface area contributed by atoms with Crippen LogP contribution in [0.2, 0.25) is 0 Å². The number of carbonyl (C=O) groups is 1. The fraction of sp³-hybridized carbons (Fsp3) is 0.750. The van der Waals surface area contributed by atoms with Crippen molar-refractivity contribution in [3.8, 4) is 0 Å². The molecule has 0 saturated heterocycles. The van der Waals surface area contributed by atoms with Gasteiger partial charge in [0.15, 0.2) is 0 Å². The molecule has 6 nitrogen and oxygen atoms in total. The normalized spacial score (nSPS) is 12.4. The molecule has 0 aromatic carbocycles. The van der Waals surface area contributed by atoms with Crippen LogP contribution in [-0.4, -0.2) is 50.6 Å². The van der Waals surface area contributed by atoms with E-state index >= 15 is 0 Å². The van der Waals surface area contributed by atoms with Gasteiger partial charge in [-0.15, -0.1) is 5.10 Å². The highest BCUT2D eigenvalue weighted by molar-refractivity contribution is 5.79. The van der Waals surface area contributed by atoms with Crippen molar-refractivity contribution in [1.82, 2.24) is 19.9 Å². The number of carbonyl (C=O) groups excluding carboxylic acids is 1. The molecule has 1 atom stereocenters. The number of aliphatic hydroxyl groups excluding tert-OH is 1. The molecule has 0 aliphatic rings. The average Bonchev–Trinajstić information content (AvgIpc) is 2.85. The van der Waals surface area contributed by atoms with Gasteiger partial charge in [0.05, 0.1) is 5.69 Å². The highest BCUT2D eigenvalue weighted by Crippen LogP contribution is 2.10. The summed E-state index contributed by atoms with van der Waals surface area (Å²) < 4.78 is 1.59. The molecule has 0 aliphatic heterocycles. The van der Waals surface area contributed by atoms with E-state index in [0.717, 1.165) is 5.69 Å². The molecule has 1 unspecified atom stereocenters. The number of rotatable bonds is 7. The number of aromatic nitrogens is 3. The third-order valence-electron chi connectivity index (χ3n) is 2.98. The molecule has 1 rings (SSSR count). The highest BCUT2D eigenvalue weighted by Gasteiger charge is 2.20. The first-order valence-electron chi connectivity index (χ1n) is 6.44. The number of hydrogen-bond acceptors (Lipinski definition) is 4. The van der Waals surface area contributed by atoms with Gasteiger partial charge in [-0.3, -0.25) is 4.79 Å². The SMILES string of the molecule is CCN(CC)C(=O)C(C)n1cc(CCCO)nn1. The van der Waals surface area contributed by atoms with Gasteiger partial charge in [-0.25, -0.2) is 4.68 Å². The average molecular weight is 254 g/mol. The molecule has 1 aromatic rings. The number of likely N-dealkylation sites (N-methyl/N-ethyl adjacent to an activating group) is 1. The van der Waals surface area contributed by atoms with Gasteiger partial charge in [-0.05, 0) is 33.6 Å². The van der Waals surface area contributed by atoms with E-state index in [2.05, 4.69) is 10.3 Å². The zero-order valence-corrected chi connectivity index (χ0v) is 11.3.